The fourth-order valence-corrected chi connectivity index (χ4v) is 11.4. The molecule has 2 heteroatoms. The fourth-order valence-electron chi connectivity index (χ4n) is 11.4. The number of benzene rings is 4. The van der Waals surface area contributed by atoms with Crippen LogP contribution in [0.5, 0.6) is 0 Å². The zero-order valence-corrected chi connectivity index (χ0v) is 38.7. The number of fused-ring (bicyclic) bond motifs is 2. The smallest absolute Gasteiger partial charge is 0.0525 e. The largest absolute Gasteiger partial charge is 0.338 e. The second kappa shape index (κ2) is 18.3. The Morgan fingerprint density at radius 3 is 1.90 bits per heavy atom. The summed E-state index contributed by atoms with van der Waals surface area (Å²) in [4.78, 5) is 5.11. The van der Waals surface area contributed by atoms with Crippen LogP contribution >= 0.6 is 0 Å². The molecule has 8 aliphatic rings. The van der Waals surface area contributed by atoms with Gasteiger partial charge in [0.15, 0.2) is 0 Å². The van der Waals surface area contributed by atoms with Crippen LogP contribution in [0.2, 0.25) is 0 Å². The van der Waals surface area contributed by atoms with Crippen LogP contribution in [-0.2, 0) is 0 Å². The minimum absolute atomic E-state index is 0.204. The van der Waals surface area contributed by atoms with Crippen molar-refractivity contribution in [3.05, 3.63) is 282 Å². The van der Waals surface area contributed by atoms with Crippen LogP contribution in [0.4, 0.5) is 17.1 Å². The predicted octanol–water partition coefficient (Wildman–Crippen LogP) is 16.8. The lowest BCUT2D eigenvalue weighted by Gasteiger charge is -2.35. The van der Waals surface area contributed by atoms with E-state index in [1.54, 1.807) is 0 Å². The Balaban J connectivity index is 0.836. The molecule has 2 saturated carbocycles. The molecule has 5 atom stereocenters. The molecule has 0 N–H and O–H groups in total. The summed E-state index contributed by atoms with van der Waals surface area (Å²) in [6.07, 6.45) is 60.9. The van der Waals surface area contributed by atoms with E-state index in [1.807, 2.05) is 0 Å². The first-order chi connectivity index (χ1) is 33.7. The summed E-state index contributed by atoms with van der Waals surface area (Å²) < 4.78 is 0. The van der Waals surface area contributed by atoms with Gasteiger partial charge < -0.3 is 9.80 Å². The lowest BCUT2D eigenvalue weighted by atomic mass is 9.89. The molecule has 2 nitrogen and oxygen atoms in total. The van der Waals surface area contributed by atoms with Gasteiger partial charge in [-0.2, -0.15) is 0 Å². The van der Waals surface area contributed by atoms with Crippen LogP contribution < -0.4 is 9.80 Å². The van der Waals surface area contributed by atoms with Crippen LogP contribution in [0.3, 0.4) is 0 Å². The minimum Gasteiger partial charge on any atom is -0.338 e. The van der Waals surface area contributed by atoms with Gasteiger partial charge in [-0.3, -0.25) is 0 Å². The Morgan fingerprint density at radius 2 is 1.15 bits per heavy atom. The highest BCUT2D eigenvalue weighted by Crippen LogP contribution is 2.62. The Kier molecular flexibility index (Phi) is 11.3. The van der Waals surface area contributed by atoms with Crippen molar-refractivity contribution in [2.24, 2.45) is 23.2 Å². The average Bonchev–Trinajstić information content (AvgIpc) is 4.28. The quantitative estimate of drug-likeness (QED) is 0.148. The Morgan fingerprint density at radius 1 is 0.485 bits per heavy atom. The average molecular weight is 879 g/mol. The lowest BCUT2D eigenvalue weighted by Crippen LogP contribution is -2.34. The highest BCUT2D eigenvalue weighted by atomic mass is 15.2. The molecule has 4 aromatic carbocycles. The van der Waals surface area contributed by atoms with Gasteiger partial charge >= 0.3 is 0 Å². The van der Waals surface area contributed by atoms with Crippen molar-refractivity contribution in [3.8, 4) is 11.1 Å². The number of hydrogen-bond acceptors (Lipinski definition) is 2. The van der Waals surface area contributed by atoms with Gasteiger partial charge in [0.2, 0.25) is 0 Å². The topological polar surface area (TPSA) is 6.48 Å². The van der Waals surface area contributed by atoms with E-state index < -0.39 is 0 Å². The van der Waals surface area contributed by atoms with Gasteiger partial charge in [0.05, 0.1) is 6.04 Å². The second-order valence-electron chi connectivity index (χ2n) is 19.4. The summed E-state index contributed by atoms with van der Waals surface area (Å²) in [6, 6.07) is 38.5. The number of rotatable bonds is 11. The predicted molar refractivity (Wildman–Crippen MR) is 288 cm³/mol. The molecule has 0 heterocycles. The number of nitrogens with zero attached hydrogens (tertiary/aromatic N) is 2. The van der Waals surface area contributed by atoms with Crippen LogP contribution in [0.1, 0.15) is 56.1 Å². The molecular formula is C66H58N2. The molecule has 0 aromatic heterocycles. The monoisotopic (exact) mass is 878 g/mol. The first-order valence-electron chi connectivity index (χ1n) is 25.0. The first kappa shape index (κ1) is 42.0. The van der Waals surface area contributed by atoms with Crippen molar-refractivity contribution in [2.75, 3.05) is 9.80 Å². The number of allylic oxidation sites excluding steroid dienone is 28. The van der Waals surface area contributed by atoms with E-state index in [1.165, 1.54) is 74.3 Å². The standard InChI is InChI=1S/C66H58N2/c1-2-7-17-48(16-6-1)51-28-36-59(37-29-51)67(60-38-30-52(31-39-60)49-18-10-5-11-19-49)57-25-14-22-50(27-35-57)53-32-40-61(41-33-53)68(58-26-15-24-55(34-42-58)66-45-13-12-23-56(66)47-66)65-44-43-62(63-46-64(63)65)54-20-8-3-4-9-21-54/h1-6,8,10-13,16-25,27-45,56,58,63-64H,7,9,14-15,26,46-47H2. The molecule has 0 amide bonds. The maximum Gasteiger partial charge on any atom is 0.0525 e. The normalized spacial score (nSPS) is 25.1. The fraction of sp³-hybridized carbons (Fsp3) is 0.182. The van der Waals surface area contributed by atoms with Gasteiger partial charge in [-0.25, -0.2) is 0 Å². The van der Waals surface area contributed by atoms with Gasteiger partial charge in [-0.1, -0.05) is 194 Å². The summed E-state index contributed by atoms with van der Waals surface area (Å²) in [5, 5.41) is 0. The molecule has 68 heavy (non-hydrogen) atoms. The van der Waals surface area contributed by atoms with Crippen molar-refractivity contribution in [1.82, 2.24) is 0 Å². The third kappa shape index (κ3) is 8.34. The molecular weight excluding hydrogens is 821 g/mol. The molecule has 0 bridgehead atoms. The molecule has 0 aliphatic heterocycles. The van der Waals surface area contributed by atoms with E-state index in [9.17, 15) is 0 Å². The van der Waals surface area contributed by atoms with E-state index in [-0.39, 0.29) is 11.5 Å². The molecule has 2 fully saturated rings. The van der Waals surface area contributed by atoms with Crippen LogP contribution in [0.15, 0.2) is 271 Å². The van der Waals surface area contributed by atoms with Crippen molar-refractivity contribution in [2.45, 2.75) is 51.0 Å². The van der Waals surface area contributed by atoms with Crippen LogP contribution in [-0.4, -0.2) is 6.04 Å². The van der Waals surface area contributed by atoms with Gasteiger partial charge in [0.25, 0.3) is 0 Å². The van der Waals surface area contributed by atoms with Gasteiger partial charge in [0, 0.05) is 39.8 Å². The summed E-state index contributed by atoms with van der Waals surface area (Å²) >= 11 is 0. The SMILES string of the molecule is C1=CCC=C(C2=CC=C(N(c3ccc(C4=CCC=C(N(c5ccc(C6=CCC=CC=C6)cc5)c5ccc(-c6ccccc6)cc5)C=C4)cc3)C3C=CC(C45C=CC=CC4C5)=CCC3)C3CC23)C=C1. The third-order valence-electron chi connectivity index (χ3n) is 15.2. The zero-order valence-electron chi connectivity index (χ0n) is 38.7. The lowest BCUT2D eigenvalue weighted by molar-refractivity contribution is 0.658. The van der Waals surface area contributed by atoms with E-state index in [0.29, 0.717) is 17.8 Å². The maximum absolute atomic E-state index is 2.70. The van der Waals surface area contributed by atoms with Gasteiger partial charge in [0.1, 0.15) is 0 Å². The molecule has 0 spiro atoms. The van der Waals surface area contributed by atoms with Crippen molar-refractivity contribution >= 4 is 28.2 Å². The Labute approximate surface area is 403 Å². The van der Waals surface area contributed by atoms with Gasteiger partial charge in [-0.15, -0.1) is 0 Å². The number of hydrogen-bond donors (Lipinski definition) is 0. The van der Waals surface area contributed by atoms with Crippen molar-refractivity contribution in [3.63, 3.8) is 0 Å². The molecule has 332 valence electrons. The van der Waals surface area contributed by atoms with Crippen LogP contribution in [0.25, 0.3) is 22.3 Å². The molecule has 0 radical (unpaired) electrons. The first-order valence-corrected chi connectivity index (χ1v) is 25.0. The molecule has 12 rings (SSSR count). The summed E-state index contributed by atoms with van der Waals surface area (Å²) in [6.45, 7) is 0. The summed E-state index contributed by atoms with van der Waals surface area (Å²) in [7, 11) is 0. The second-order valence-corrected chi connectivity index (χ2v) is 19.4. The summed E-state index contributed by atoms with van der Waals surface area (Å²) in [5.41, 5.74) is 18.2. The number of anilines is 3. The minimum atomic E-state index is 0.204. The Hall–Kier alpha value is -7.42. The van der Waals surface area contributed by atoms with Gasteiger partial charge in [-0.05, 0) is 155 Å². The highest BCUT2D eigenvalue weighted by Gasteiger charge is 2.53. The zero-order chi connectivity index (χ0) is 45.3. The summed E-state index contributed by atoms with van der Waals surface area (Å²) in [5.74, 6) is 1.76. The maximum atomic E-state index is 2.70. The van der Waals surface area contributed by atoms with E-state index in [2.05, 4.69) is 253 Å². The molecule has 5 unspecified atom stereocenters. The van der Waals surface area contributed by atoms with Crippen molar-refractivity contribution in [1.29, 1.82) is 0 Å². The van der Waals surface area contributed by atoms with Crippen LogP contribution in [0, 0.1) is 23.2 Å². The van der Waals surface area contributed by atoms with E-state index in [4.69, 9.17) is 0 Å². The third-order valence-corrected chi connectivity index (χ3v) is 15.2. The molecule has 0 saturated heterocycles. The molecule has 4 aromatic rings. The van der Waals surface area contributed by atoms with E-state index >= 15 is 0 Å². The molecule has 8 aliphatic carbocycles. The van der Waals surface area contributed by atoms with E-state index in [0.717, 1.165) is 49.2 Å². The Bertz CT molecular complexity index is 3070. The highest BCUT2D eigenvalue weighted by molar-refractivity contribution is 5.81. The van der Waals surface area contributed by atoms with Crippen molar-refractivity contribution < 1.29 is 0 Å².